The van der Waals surface area contributed by atoms with Crippen molar-refractivity contribution >= 4 is 28.9 Å². The highest BCUT2D eigenvalue weighted by molar-refractivity contribution is 6.13. The predicted octanol–water partition coefficient (Wildman–Crippen LogP) is 4.39. The molecule has 2 amide bonds. The van der Waals surface area contributed by atoms with Crippen LogP contribution in [0.1, 0.15) is 29.3 Å². The number of nitrogens with one attached hydrogen (secondary N) is 1. The third kappa shape index (κ3) is 4.56. The molecular formula is C28H28N2O5. The molecule has 7 nitrogen and oxygen atoms in total. The van der Waals surface area contributed by atoms with Crippen LogP contribution in [-0.4, -0.2) is 35.7 Å². The second kappa shape index (κ2) is 10.1. The Morgan fingerprint density at radius 1 is 1.11 bits per heavy atom. The first-order valence-electron chi connectivity index (χ1n) is 11.4. The molecule has 180 valence electrons. The van der Waals surface area contributed by atoms with Crippen molar-refractivity contribution in [2.45, 2.75) is 18.9 Å². The monoisotopic (exact) mass is 472 g/mol. The molecule has 1 aliphatic rings. The van der Waals surface area contributed by atoms with Gasteiger partial charge in [-0.2, -0.15) is 0 Å². The SMILES string of the molecule is COc1ccc(C(=O)Nc2ccc3c(c2)[C@@](O)([C@H](C)/C=C/CCO)C(=O)N3c2ccccc2)cc1. The smallest absolute Gasteiger partial charge is 0.268 e. The summed E-state index contributed by atoms with van der Waals surface area (Å²) in [5.41, 5.74) is 0.642. The summed E-state index contributed by atoms with van der Waals surface area (Å²) in [5, 5.41) is 23.8. The fourth-order valence-corrected chi connectivity index (χ4v) is 4.24. The van der Waals surface area contributed by atoms with Crippen LogP contribution < -0.4 is 15.0 Å². The Kier molecular flexibility index (Phi) is 7.00. The average Bonchev–Trinajstić information content (AvgIpc) is 3.11. The van der Waals surface area contributed by atoms with Gasteiger partial charge in [-0.25, -0.2) is 0 Å². The van der Waals surface area contributed by atoms with Crippen LogP contribution in [0.5, 0.6) is 5.75 Å². The second-order valence-corrected chi connectivity index (χ2v) is 8.39. The van der Waals surface area contributed by atoms with Crippen LogP contribution in [-0.2, 0) is 10.4 Å². The molecule has 0 bridgehead atoms. The zero-order valence-electron chi connectivity index (χ0n) is 19.6. The normalized spacial score (nSPS) is 17.9. The Bertz CT molecular complexity index is 1240. The highest BCUT2D eigenvalue weighted by atomic mass is 16.5. The average molecular weight is 473 g/mol. The van der Waals surface area contributed by atoms with Crippen LogP contribution in [0.25, 0.3) is 0 Å². The number of aliphatic hydroxyl groups excluding tert-OH is 1. The highest BCUT2D eigenvalue weighted by Crippen LogP contribution is 2.49. The van der Waals surface area contributed by atoms with Gasteiger partial charge in [0.15, 0.2) is 5.60 Å². The number of nitrogens with zero attached hydrogens (tertiary/aromatic N) is 1. The minimum Gasteiger partial charge on any atom is -0.497 e. The fraction of sp³-hybridized carbons (Fsp3) is 0.214. The second-order valence-electron chi connectivity index (χ2n) is 8.39. The van der Waals surface area contributed by atoms with E-state index in [1.165, 1.54) is 4.90 Å². The van der Waals surface area contributed by atoms with Gasteiger partial charge in [-0.05, 0) is 61.0 Å². The summed E-state index contributed by atoms with van der Waals surface area (Å²) in [6, 6.07) is 20.9. The van der Waals surface area contributed by atoms with E-state index in [-0.39, 0.29) is 12.5 Å². The summed E-state index contributed by atoms with van der Waals surface area (Å²) >= 11 is 0. The summed E-state index contributed by atoms with van der Waals surface area (Å²) in [6.45, 7) is 1.73. The molecule has 1 aliphatic heterocycles. The van der Waals surface area contributed by atoms with Crippen LogP contribution in [0.2, 0.25) is 0 Å². The zero-order valence-corrected chi connectivity index (χ0v) is 19.6. The number of fused-ring (bicyclic) bond motifs is 1. The number of methoxy groups -OCH3 is 1. The van der Waals surface area contributed by atoms with E-state index in [1.807, 2.05) is 18.2 Å². The number of ether oxygens (including phenoxy) is 1. The molecule has 0 saturated carbocycles. The number of aliphatic hydroxyl groups is 2. The van der Waals surface area contributed by atoms with Crippen LogP contribution in [0, 0.1) is 5.92 Å². The molecule has 7 heteroatoms. The molecule has 0 spiro atoms. The van der Waals surface area contributed by atoms with Crippen molar-refractivity contribution < 1.29 is 24.5 Å². The van der Waals surface area contributed by atoms with Gasteiger partial charge >= 0.3 is 0 Å². The lowest BCUT2D eigenvalue weighted by Gasteiger charge is -2.27. The number of amides is 2. The highest BCUT2D eigenvalue weighted by Gasteiger charge is 2.53. The number of rotatable bonds is 8. The van der Waals surface area contributed by atoms with Crippen LogP contribution in [0.4, 0.5) is 17.1 Å². The van der Waals surface area contributed by atoms with Crippen LogP contribution in [0.3, 0.4) is 0 Å². The van der Waals surface area contributed by atoms with Crippen molar-refractivity contribution in [3.05, 3.63) is 96.1 Å². The summed E-state index contributed by atoms with van der Waals surface area (Å²) in [5.74, 6) is -0.733. The van der Waals surface area contributed by atoms with Crippen molar-refractivity contribution in [2.24, 2.45) is 5.92 Å². The third-order valence-electron chi connectivity index (χ3n) is 6.18. The van der Waals surface area contributed by atoms with Crippen LogP contribution >= 0.6 is 0 Å². The lowest BCUT2D eigenvalue weighted by molar-refractivity contribution is -0.138. The van der Waals surface area contributed by atoms with Crippen molar-refractivity contribution in [3.63, 3.8) is 0 Å². The Hall–Kier alpha value is -3.94. The van der Waals surface area contributed by atoms with Crippen LogP contribution in [0.15, 0.2) is 84.9 Å². The minimum atomic E-state index is -1.85. The Morgan fingerprint density at radius 2 is 1.83 bits per heavy atom. The molecule has 0 aromatic heterocycles. The van der Waals surface area contributed by atoms with E-state index in [2.05, 4.69) is 5.32 Å². The quantitative estimate of drug-likeness (QED) is 0.423. The third-order valence-corrected chi connectivity index (χ3v) is 6.18. The maximum atomic E-state index is 13.7. The molecule has 0 fully saturated rings. The molecule has 0 saturated heterocycles. The van der Waals surface area contributed by atoms with E-state index < -0.39 is 17.4 Å². The molecule has 1 heterocycles. The van der Waals surface area contributed by atoms with Gasteiger partial charge in [0.1, 0.15) is 5.75 Å². The number of hydrogen-bond acceptors (Lipinski definition) is 5. The van der Waals surface area contributed by atoms with Gasteiger partial charge in [-0.3, -0.25) is 14.5 Å². The van der Waals surface area contributed by atoms with Gasteiger partial charge in [-0.1, -0.05) is 37.3 Å². The van der Waals surface area contributed by atoms with E-state index in [0.717, 1.165) is 0 Å². The van der Waals surface area contributed by atoms with E-state index >= 15 is 0 Å². The van der Waals surface area contributed by atoms with E-state index in [1.54, 1.807) is 80.8 Å². The number of carbonyl (C=O) groups excluding carboxylic acids is 2. The van der Waals surface area contributed by atoms with Crippen molar-refractivity contribution in [1.29, 1.82) is 0 Å². The molecular weight excluding hydrogens is 444 g/mol. The van der Waals surface area contributed by atoms with E-state index in [4.69, 9.17) is 9.84 Å². The van der Waals surface area contributed by atoms with Crippen molar-refractivity contribution in [3.8, 4) is 5.75 Å². The van der Waals surface area contributed by atoms with E-state index in [0.29, 0.717) is 40.4 Å². The van der Waals surface area contributed by atoms with Gasteiger partial charge in [0.25, 0.3) is 11.8 Å². The van der Waals surface area contributed by atoms with Gasteiger partial charge in [0.2, 0.25) is 0 Å². The lowest BCUT2D eigenvalue weighted by Crippen LogP contribution is -2.42. The number of anilines is 3. The van der Waals surface area contributed by atoms with Gasteiger partial charge in [-0.15, -0.1) is 0 Å². The molecule has 4 rings (SSSR count). The topological polar surface area (TPSA) is 99.1 Å². The van der Waals surface area contributed by atoms with Gasteiger partial charge in [0.05, 0.1) is 12.8 Å². The number of para-hydroxylation sites is 1. The Labute approximate surface area is 204 Å². The van der Waals surface area contributed by atoms with E-state index in [9.17, 15) is 14.7 Å². The van der Waals surface area contributed by atoms with Gasteiger partial charge in [0, 0.05) is 35.0 Å². The lowest BCUT2D eigenvalue weighted by atomic mass is 9.82. The first kappa shape index (κ1) is 24.2. The maximum absolute atomic E-state index is 13.7. The first-order chi connectivity index (χ1) is 16.9. The molecule has 0 aliphatic carbocycles. The van der Waals surface area contributed by atoms with Gasteiger partial charge < -0.3 is 20.3 Å². The molecule has 3 aromatic carbocycles. The minimum absolute atomic E-state index is 0.0239. The standard InChI is InChI=1S/C28H28N2O5/c1-19(8-6-7-17-31)28(34)24-18-21(29-26(32)20-11-14-23(35-2)15-12-20)13-16-25(24)30(27(28)33)22-9-4-3-5-10-22/h3-6,8-16,18-19,31,34H,7,17H2,1-2H3,(H,29,32)/b8-6+/t19-,28+/m1/s1. The summed E-state index contributed by atoms with van der Waals surface area (Å²) in [7, 11) is 1.56. The summed E-state index contributed by atoms with van der Waals surface area (Å²) < 4.78 is 5.14. The first-order valence-corrected chi connectivity index (χ1v) is 11.4. The molecule has 3 aromatic rings. The van der Waals surface area contributed by atoms with Crippen molar-refractivity contribution in [1.82, 2.24) is 0 Å². The molecule has 3 N–H and O–H groups in total. The number of hydrogen-bond donors (Lipinski definition) is 3. The van der Waals surface area contributed by atoms with Crippen molar-refractivity contribution in [2.75, 3.05) is 23.9 Å². The number of benzene rings is 3. The predicted molar refractivity (Wildman–Crippen MR) is 135 cm³/mol. The summed E-state index contributed by atoms with van der Waals surface area (Å²) in [6.07, 6.45) is 3.90. The molecule has 35 heavy (non-hydrogen) atoms. The number of carbonyl (C=O) groups is 2. The molecule has 0 unspecified atom stereocenters. The Morgan fingerprint density at radius 3 is 2.49 bits per heavy atom. The molecule has 0 radical (unpaired) electrons. The largest absolute Gasteiger partial charge is 0.497 e. The zero-order chi connectivity index (χ0) is 25.0. The molecule has 2 atom stereocenters. The summed E-state index contributed by atoms with van der Waals surface area (Å²) in [4.78, 5) is 28.0. The maximum Gasteiger partial charge on any atom is 0.268 e. The Balaban J connectivity index is 1.72. The fourth-order valence-electron chi connectivity index (χ4n) is 4.24.